The van der Waals surface area contributed by atoms with E-state index in [2.05, 4.69) is 15.3 Å². The molecular formula is C18H16N4O3S. The largest absolute Gasteiger partial charge is 0.492 e. The molecule has 1 aliphatic rings. The minimum Gasteiger partial charge on any atom is -0.492 e. The number of rotatable bonds is 4. The Morgan fingerprint density at radius 2 is 2.19 bits per heavy atom. The van der Waals surface area contributed by atoms with Crippen molar-refractivity contribution in [3.8, 4) is 17.0 Å². The van der Waals surface area contributed by atoms with Crippen LogP contribution >= 0.6 is 11.3 Å². The van der Waals surface area contributed by atoms with Crippen molar-refractivity contribution in [1.82, 2.24) is 9.97 Å². The molecule has 4 N–H and O–H groups in total. The maximum absolute atomic E-state index is 12.5. The molecule has 2 aromatic heterocycles. The molecule has 26 heavy (non-hydrogen) atoms. The van der Waals surface area contributed by atoms with Crippen molar-refractivity contribution in [2.45, 2.75) is 6.42 Å². The highest BCUT2D eigenvalue weighted by atomic mass is 32.1. The highest BCUT2D eigenvalue weighted by Crippen LogP contribution is 2.29. The average Bonchev–Trinajstić information content (AvgIpc) is 3.30. The van der Waals surface area contributed by atoms with E-state index in [1.54, 1.807) is 12.3 Å². The van der Waals surface area contributed by atoms with Gasteiger partial charge in [-0.2, -0.15) is 0 Å². The van der Waals surface area contributed by atoms with Gasteiger partial charge in [0.05, 0.1) is 11.6 Å². The molecule has 0 bridgehead atoms. The number of aromatic nitrogens is 2. The van der Waals surface area contributed by atoms with Gasteiger partial charge in [-0.05, 0) is 24.1 Å². The molecule has 7 nitrogen and oxygen atoms in total. The molecule has 1 unspecified atom stereocenters. The van der Waals surface area contributed by atoms with E-state index in [0.717, 1.165) is 16.9 Å². The quantitative estimate of drug-likeness (QED) is 0.657. The van der Waals surface area contributed by atoms with Crippen molar-refractivity contribution in [1.29, 1.82) is 0 Å². The Kier molecular flexibility index (Phi) is 4.18. The van der Waals surface area contributed by atoms with E-state index in [4.69, 9.17) is 10.5 Å². The number of hydrogen-bond acceptors (Lipinski definition) is 5. The number of anilines is 1. The number of nitrogens with zero attached hydrogens (tertiary/aromatic N) is 1. The lowest BCUT2D eigenvalue weighted by atomic mass is 9.96. The third-order valence-corrected chi connectivity index (χ3v) is 4.99. The number of carbonyl (C=O) groups excluding carboxylic acids is 2. The Balaban J connectivity index is 1.44. The van der Waals surface area contributed by atoms with E-state index in [1.165, 1.54) is 11.3 Å². The standard InChI is InChI=1S/C18H16N4O3S/c19-16(23)13-6-11(7-20-13)14-9-26-18(21-14)22-17(24)12-5-10-3-1-2-4-15(10)25-8-12/h1-4,6-7,9,12,20H,5,8H2,(H2,19,23)(H,21,22,24). The van der Waals surface area contributed by atoms with Gasteiger partial charge in [-0.15, -0.1) is 11.3 Å². The zero-order chi connectivity index (χ0) is 18.1. The zero-order valence-corrected chi connectivity index (χ0v) is 14.5. The summed E-state index contributed by atoms with van der Waals surface area (Å²) in [7, 11) is 0. The molecule has 132 valence electrons. The molecule has 8 heteroatoms. The van der Waals surface area contributed by atoms with E-state index >= 15 is 0 Å². The van der Waals surface area contributed by atoms with Gasteiger partial charge in [0.2, 0.25) is 5.91 Å². The van der Waals surface area contributed by atoms with Crippen LogP contribution in [-0.4, -0.2) is 28.4 Å². The number of fused-ring (bicyclic) bond motifs is 1. The SMILES string of the molecule is NC(=O)c1cc(-c2csc(NC(=O)C3COc4ccccc4C3)n2)c[nH]1. The molecule has 1 aromatic carbocycles. The van der Waals surface area contributed by atoms with Crippen molar-refractivity contribution in [3.05, 3.63) is 53.2 Å². The third-order valence-electron chi connectivity index (χ3n) is 4.23. The van der Waals surface area contributed by atoms with Crippen LogP contribution in [0.1, 0.15) is 16.1 Å². The van der Waals surface area contributed by atoms with Gasteiger partial charge < -0.3 is 20.8 Å². The lowest BCUT2D eigenvalue weighted by Crippen LogP contribution is -2.32. The second-order valence-corrected chi connectivity index (χ2v) is 6.87. The maximum atomic E-state index is 12.5. The fourth-order valence-electron chi connectivity index (χ4n) is 2.85. The highest BCUT2D eigenvalue weighted by molar-refractivity contribution is 7.14. The van der Waals surface area contributed by atoms with Gasteiger partial charge in [0.1, 0.15) is 18.1 Å². The molecule has 0 fully saturated rings. The van der Waals surface area contributed by atoms with E-state index in [-0.39, 0.29) is 11.8 Å². The number of carbonyl (C=O) groups is 2. The molecule has 0 radical (unpaired) electrons. The summed E-state index contributed by atoms with van der Waals surface area (Å²) in [4.78, 5) is 30.9. The molecule has 3 heterocycles. The van der Waals surface area contributed by atoms with Gasteiger partial charge in [-0.25, -0.2) is 4.98 Å². The smallest absolute Gasteiger partial charge is 0.265 e. The van der Waals surface area contributed by atoms with Gasteiger partial charge in [-0.3, -0.25) is 9.59 Å². The molecule has 1 atom stereocenters. The molecular weight excluding hydrogens is 352 g/mol. The van der Waals surface area contributed by atoms with Crippen LogP contribution in [0.25, 0.3) is 11.3 Å². The first-order chi connectivity index (χ1) is 12.6. The number of benzene rings is 1. The summed E-state index contributed by atoms with van der Waals surface area (Å²) >= 11 is 1.33. The summed E-state index contributed by atoms with van der Waals surface area (Å²) in [6, 6.07) is 9.37. The Morgan fingerprint density at radius 3 is 3.00 bits per heavy atom. The van der Waals surface area contributed by atoms with Crippen LogP contribution < -0.4 is 15.8 Å². The lowest BCUT2D eigenvalue weighted by molar-refractivity contribution is -0.121. The zero-order valence-electron chi connectivity index (χ0n) is 13.7. The number of hydrogen-bond donors (Lipinski definition) is 3. The van der Waals surface area contributed by atoms with Gasteiger partial charge in [0.15, 0.2) is 5.13 Å². The first kappa shape index (κ1) is 16.3. The number of para-hydroxylation sites is 1. The Bertz CT molecular complexity index is 978. The second kappa shape index (κ2) is 6.64. The predicted molar refractivity (Wildman–Crippen MR) is 98.2 cm³/mol. The monoisotopic (exact) mass is 368 g/mol. The fourth-order valence-corrected chi connectivity index (χ4v) is 3.57. The first-order valence-corrected chi connectivity index (χ1v) is 8.94. The van der Waals surface area contributed by atoms with Crippen LogP contribution in [-0.2, 0) is 11.2 Å². The average molecular weight is 368 g/mol. The van der Waals surface area contributed by atoms with Crippen molar-refractivity contribution in [2.75, 3.05) is 11.9 Å². The highest BCUT2D eigenvalue weighted by Gasteiger charge is 2.26. The number of nitrogens with two attached hydrogens (primary N) is 1. The predicted octanol–water partition coefficient (Wildman–Crippen LogP) is 2.43. The van der Waals surface area contributed by atoms with Gasteiger partial charge >= 0.3 is 0 Å². The number of amides is 2. The van der Waals surface area contributed by atoms with Gasteiger partial charge in [-0.1, -0.05) is 18.2 Å². The van der Waals surface area contributed by atoms with Crippen LogP contribution in [0.4, 0.5) is 5.13 Å². The summed E-state index contributed by atoms with van der Waals surface area (Å²) < 4.78 is 5.67. The summed E-state index contributed by atoms with van der Waals surface area (Å²) in [5.74, 6) is -0.0679. The number of aromatic amines is 1. The fraction of sp³-hybridized carbons (Fsp3) is 0.167. The van der Waals surface area contributed by atoms with Crippen LogP contribution in [0.5, 0.6) is 5.75 Å². The molecule has 2 amide bonds. The number of thiazole rings is 1. The van der Waals surface area contributed by atoms with E-state index in [1.807, 2.05) is 29.6 Å². The van der Waals surface area contributed by atoms with Crippen LogP contribution in [0.3, 0.4) is 0 Å². The molecule has 0 aliphatic carbocycles. The topological polar surface area (TPSA) is 110 Å². The maximum Gasteiger partial charge on any atom is 0.265 e. The first-order valence-electron chi connectivity index (χ1n) is 8.06. The summed E-state index contributed by atoms with van der Waals surface area (Å²) in [6.45, 7) is 0.348. The molecule has 0 saturated heterocycles. The Morgan fingerprint density at radius 1 is 1.35 bits per heavy atom. The number of primary amides is 1. The van der Waals surface area contributed by atoms with E-state index < -0.39 is 5.91 Å². The van der Waals surface area contributed by atoms with Gasteiger partial charge in [0, 0.05) is 17.1 Å². The number of nitrogens with one attached hydrogen (secondary N) is 2. The summed E-state index contributed by atoms with van der Waals surface area (Å²) in [5.41, 5.74) is 7.99. The summed E-state index contributed by atoms with van der Waals surface area (Å²) in [6.07, 6.45) is 2.30. The van der Waals surface area contributed by atoms with E-state index in [9.17, 15) is 9.59 Å². The van der Waals surface area contributed by atoms with Crippen LogP contribution in [0.2, 0.25) is 0 Å². The third kappa shape index (κ3) is 3.18. The minimum atomic E-state index is -0.530. The van der Waals surface area contributed by atoms with E-state index in [0.29, 0.717) is 29.5 Å². The Hall–Kier alpha value is -3.13. The summed E-state index contributed by atoms with van der Waals surface area (Å²) in [5, 5.41) is 5.17. The molecule has 4 rings (SSSR count). The molecule has 0 spiro atoms. The van der Waals surface area contributed by atoms with Crippen LogP contribution in [0, 0.1) is 5.92 Å². The van der Waals surface area contributed by atoms with Crippen molar-refractivity contribution >= 4 is 28.3 Å². The van der Waals surface area contributed by atoms with Crippen molar-refractivity contribution in [2.24, 2.45) is 11.7 Å². The Labute approximate surface area is 153 Å². The van der Waals surface area contributed by atoms with Gasteiger partial charge in [0.25, 0.3) is 5.91 Å². The van der Waals surface area contributed by atoms with Crippen LogP contribution in [0.15, 0.2) is 41.9 Å². The number of ether oxygens (including phenoxy) is 1. The minimum absolute atomic E-state index is 0.118. The van der Waals surface area contributed by atoms with Crippen molar-refractivity contribution in [3.63, 3.8) is 0 Å². The molecule has 1 aliphatic heterocycles. The normalized spacial score (nSPS) is 15.8. The van der Waals surface area contributed by atoms with Crippen molar-refractivity contribution < 1.29 is 14.3 Å². The number of H-pyrrole nitrogens is 1. The molecule has 0 saturated carbocycles. The lowest BCUT2D eigenvalue weighted by Gasteiger charge is -2.24. The molecule has 3 aromatic rings. The second-order valence-electron chi connectivity index (χ2n) is 6.01.